The highest BCUT2D eigenvalue weighted by atomic mass is 16.5. The summed E-state index contributed by atoms with van der Waals surface area (Å²) in [5.74, 6) is 1.89. The lowest BCUT2D eigenvalue weighted by molar-refractivity contribution is 0.418. The third-order valence-corrected chi connectivity index (χ3v) is 8.73. The Bertz CT molecular complexity index is 2060. The van der Waals surface area contributed by atoms with Crippen molar-refractivity contribution in [3.05, 3.63) is 145 Å². The molecule has 0 spiro atoms. The van der Waals surface area contributed by atoms with Crippen molar-refractivity contribution in [3.8, 4) is 33.8 Å². The first-order valence-electron chi connectivity index (χ1n) is 13.9. The summed E-state index contributed by atoms with van der Waals surface area (Å²) in [6, 6.07) is 48.3. The van der Waals surface area contributed by atoms with Gasteiger partial charge in [-0.1, -0.05) is 129 Å². The maximum Gasteiger partial charge on any atom is 0.132 e. The zero-order valence-corrected chi connectivity index (χ0v) is 22.6. The minimum Gasteiger partial charge on any atom is -0.457 e. The summed E-state index contributed by atoms with van der Waals surface area (Å²) in [4.78, 5) is 0. The Morgan fingerprint density at radius 1 is 0.375 bits per heavy atom. The summed E-state index contributed by atoms with van der Waals surface area (Å²) in [7, 11) is 0. The minimum absolute atomic E-state index is 0.0991. The second-order valence-electron chi connectivity index (χ2n) is 11.4. The van der Waals surface area contributed by atoms with E-state index in [2.05, 4.69) is 141 Å². The smallest absolute Gasteiger partial charge is 0.132 e. The average molecular weight is 513 g/mol. The maximum atomic E-state index is 6.37. The van der Waals surface area contributed by atoms with Gasteiger partial charge in [0.1, 0.15) is 11.5 Å². The zero-order chi connectivity index (χ0) is 26.8. The van der Waals surface area contributed by atoms with Crippen LogP contribution in [-0.4, -0.2) is 0 Å². The van der Waals surface area contributed by atoms with Crippen LogP contribution in [0.5, 0.6) is 11.5 Å². The fourth-order valence-corrected chi connectivity index (χ4v) is 6.58. The predicted octanol–water partition coefficient (Wildman–Crippen LogP) is 10.9. The summed E-state index contributed by atoms with van der Waals surface area (Å²) in [5.41, 5.74) is 7.15. The van der Waals surface area contributed by atoms with E-state index in [1.807, 2.05) is 6.07 Å². The molecule has 190 valence electrons. The van der Waals surface area contributed by atoms with Crippen molar-refractivity contribution in [2.75, 3.05) is 0 Å². The molecule has 1 nitrogen and oxygen atoms in total. The summed E-state index contributed by atoms with van der Waals surface area (Å²) in [6.07, 6.45) is 0. The van der Waals surface area contributed by atoms with Crippen LogP contribution >= 0.6 is 0 Å². The fraction of sp³-hybridized carbons (Fsp3) is 0.0769. The van der Waals surface area contributed by atoms with E-state index in [9.17, 15) is 0 Å². The predicted molar refractivity (Wildman–Crippen MR) is 168 cm³/mol. The number of benzene rings is 7. The van der Waals surface area contributed by atoms with Crippen molar-refractivity contribution < 1.29 is 4.74 Å². The molecule has 40 heavy (non-hydrogen) atoms. The van der Waals surface area contributed by atoms with Crippen molar-refractivity contribution in [1.29, 1.82) is 0 Å². The second kappa shape index (κ2) is 8.56. The molecule has 0 bridgehead atoms. The molecule has 8 rings (SSSR count). The molecule has 0 aromatic heterocycles. The van der Waals surface area contributed by atoms with Crippen LogP contribution in [0, 0.1) is 0 Å². The zero-order valence-electron chi connectivity index (χ0n) is 22.6. The van der Waals surface area contributed by atoms with Crippen LogP contribution in [0.3, 0.4) is 0 Å². The van der Waals surface area contributed by atoms with Gasteiger partial charge in [-0.3, -0.25) is 0 Å². The van der Waals surface area contributed by atoms with E-state index in [1.54, 1.807) is 0 Å². The van der Waals surface area contributed by atoms with Gasteiger partial charge < -0.3 is 4.74 Å². The van der Waals surface area contributed by atoms with E-state index in [0.29, 0.717) is 0 Å². The summed E-state index contributed by atoms with van der Waals surface area (Å²) >= 11 is 0. The highest BCUT2D eigenvalue weighted by molar-refractivity contribution is 6.25. The van der Waals surface area contributed by atoms with Gasteiger partial charge in [-0.2, -0.15) is 0 Å². The Morgan fingerprint density at radius 2 is 0.825 bits per heavy atom. The van der Waals surface area contributed by atoms with Gasteiger partial charge >= 0.3 is 0 Å². The van der Waals surface area contributed by atoms with Crippen molar-refractivity contribution in [2.45, 2.75) is 19.3 Å². The van der Waals surface area contributed by atoms with Crippen LogP contribution in [0.15, 0.2) is 133 Å². The van der Waals surface area contributed by atoms with Crippen molar-refractivity contribution >= 4 is 32.3 Å². The van der Waals surface area contributed by atoms with E-state index in [4.69, 9.17) is 4.74 Å². The topological polar surface area (TPSA) is 9.23 Å². The van der Waals surface area contributed by atoms with Gasteiger partial charge in [0.25, 0.3) is 0 Å². The Morgan fingerprint density at radius 3 is 1.48 bits per heavy atom. The van der Waals surface area contributed by atoms with Crippen molar-refractivity contribution in [3.63, 3.8) is 0 Å². The van der Waals surface area contributed by atoms with Crippen LogP contribution in [0.4, 0.5) is 0 Å². The van der Waals surface area contributed by atoms with Crippen molar-refractivity contribution in [1.82, 2.24) is 0 Å². The van der Waals surface area contributed by atoms with Gasteiger partial charge in [-0.25, -0.2) is 0 Å². The lowest BCUT2D eigenvalue weighted by atomic mass is 9.75. The molecule has 0 radical (unpaired) electrons. The van der Waals surface area contributed by atoms with E-state index in [0.717, 1.165) is 17.1 Å². The van der Waals surface area contributed by atoms with Crippen LogP contribution in [-0.2, 0) is 5.41 Å². The van der Waals surface area contributed by atoms with E-state index in [1.165, 1.54) is 60.1 Å². The van der Waals surface area contributed by atoms with Gasteiger partial charge in [-0.05, 0) is 72.8 Å². The SMILES string of the molecule is CC1(C)c2ccccc2Oc2cc(-c3ccc(-c4ccc5c6ccccc6c6ccccc6c5c4)cc3)ccc21. The molecule has 7 aromatic rings. The first-order chi connectivity index (χ1) is 19.6. The van der Waals surface area contributed by atoms with Gasteiger partial charge in [0.15, 0.2) is 0 Å². The number of hydrogen-bond acceptors (Lipinski definition) is 1. The first kappa shape index (κ1) is 23.0. The number of fused-ring (bicyclic) bond motifs is 8. The van der Waals surface area contributed by atoms with Crippen LogP contribution < -0.4 is 4.74 Å². The molecule has 1 aliphatic rings. The fourth-order valence-electron chi connectivity index (χ4n) is 6.58. The Hall–Kier alpha value is -4.88. The number of rotatable bonds is 2. The lowest BCUT2D eigenvalue weighted by Gasteiger charge is -2.34. The molecule has 0 amide bonds. The van der Waals surface area contributed by atoms with E-state index < -0.39 is 0 Å². The molecule has 0 aliphatic carbocycles. The highest BCUT2D eigenvalue weighted by Gasteiger charge is 2.33. The molecule has 0 saturated heterocycles. The maximum absolute atomic E-state index is 6.37. The van der Waals surface area contributed by atoms with Crippen LogP contribution in [0.1, 0.15) is 25.0 Å². The van der Waals surface area contributed by atoms with Gasteiger partial charge in [0, 0.05) is 16.5 Å². The normalized spacial score (nSPS) is 13.7. The van der Waals surface area contributed by atoms with Crippen LogP contribution in [0.2, 0.25) is 0 Å². The van der Waals surface area contributed by atoms with Gasteiger partial charge in [0.05, 0.1) is 0 Å². The quantitative estimate of drug-likeness (QED) is 0.209. The number of para-hydroxylation sites is 1. The number of ether oxygens (including phenoxy) is 1. The average Bonchev–Trinajstić information content (AvgIpc) is 3.01. The monoisotopic (exact) mass is 512 g/mol. The highest BCUT2D eigenvalue weighted by Crippen LogP contribution is 2.48. The Balaban J connectivity index is 1.19. The third kappa shape index (κ3) is 3.41. The van der Waals surface area contributed by atoms with Gasteiger partial charge in [-0.15, -0.1) is 0 Å². The molecule has 7 aromatic carbocycles. The van der Waals surface area contributed by atoms with Gasteiger partial charge in [0.2, 0.25) is 0 Å². The molecule has 0 N–H and O–H groups in total. The molecule has 0 atom stereocenters. The minimum atomic E-state index is -0.0991. The lowest BCUT2D eigenvalue weighted by Crippen LogP contribution is -2.24. The third-order valence-electron chi connectivity index (χ3n) is 8.73. The van der Waals surface area contributed by atoms with Crippen LogP contribution in [0.25, 0.3) is 54.6 Å². The molecular formula is C39H28O. The molecule has 1 aliphatic heterocycles. The molecular weight excluding hydrogens is 484 g/mol. The van der Waals surface area contributed by atoms with E-state index in [-0.39, 0.29) is 5.41 Å². The standard InChI is InChI=1S/C39H28O/c1-39(2)35-13-7-8-14-37(35)40-38-24-28(20-22-36(38)39)26-17-15-25(16-18-26)27-19-21-33-31-11-4-3-9-29(31)30-10-5-6-12-32(30)34(33)23-27/h3-24H,1-2H3. The van der Waals surface area contributed by atoms with E-state index >= 15 is 0 Å². The first-order valence-corrected chi connectivity index (χ1v) is 13.9. The summed E-state index contributed by atoms with van der Waals surface area (Å²) in [5, 5.41) is 7.81. The molecule has 0 saturated carbocycles. The Kier molecular flexibility index (Phi) is 4.93. The summed E-state index contributed by atoms with van der Waals surface area (Å²) in [6.45, 7) is 4.55. The number of hydrogen-bond donors (Lipinski definition) is 0. The largest absolute Gasteiger partial charge is 0.457 e. The summed E-state index contributed by atoms with van der Waals surface area (Å²) < 4.78 is 6.37. The van der Waals surface area contributed by atoms with Crippen molar-refractivity contribution in [2.24, 2.45) is 0 Å². The molecule has 0 fully saturated rings. The molecule has 0 unspecified atom stereocenters. The second-order valence-corrected chi connectivity index (χ2v) is 11.4. The molecule has 1 heteroatoms. The Labute approximate surface area is 234 Å². The molecule has 1 heterocycles.